The van der Waals surface area contributed by atoms with Gasteiger partial charge in [0.25, 0.3) is 5.91 Å². The number of amides is 1. The zero-order chi connectivity index (χ0) is 17.0. The van der Waals surface area contributed by atoms with Crippen LogP contribution in [0.15, 0.2) is 12.1 Å². The van der Waals surface area contributed by atoms with Crippen molar-refractivity contribution in [3.63, 3.8) is 0 Å². The lowest BCUT2D eigenvalue weighted by Gasteiger charge is -2.35. The Morgan fingerprint density at radius 2 is 2.13 bits per heavy atom. The first-order valence-electron chi connectivity index (χ1n) is 7.62. The summed E-state index contributed by atoms with van der Waals surface area (Å²) in [6.45, 7) is 3.88. The molecule has 2 N–H and O–H groups in total. The van der Waals surface area contributed by atoms with Crippen molar-refractivity contribution in [1.82, 2.24) is 0 Å². The predicted octanol–water partition coefficient (Wildman–Crippen LogP) is 1.56. The van der Waals surface area contributed by atoms with Crippen LogP contribution >= 0.6 is 0 Å². The average molecular weight is 323 g/mol. The Morgan fingerprint density at radius 1 is 1.39 bits per heavy atom. The third kappa shape index (κ3) is 3.56. The molecule has 0 bridgehead atoms. The third-order valence-corrected chi connectivity index (χ3v) is 3.59. The summed E-state index contributed by atoms with van der Waals surface area (Å²) in [6.07, 6.45) is -0.375. The third-order valence-electron chi connectivity index (χ3n) is 3.59. The Bertz CT molecular complexity index is 600. The van der Waals surface area contributed by atoms with Crippen LogP contribution in [0.4, 0.5) is 5.69 Å². The molecule has 0 saturated carbocycles. The molecule has 1 heterocycles. The molecular formula is C16H21NO6. The zero-order valence-electron chi connectivity index (χ0n) is 13.2. The van der Waals surface area contributed by atoms with Gasteiger partial charge in [-0.2, -0.15) is 0 Å². The molecular weight excluding hydrogens is 302 g/mol. The highest BCUT2D eigenvalue weighted by molar-refractivity contribution is 6.01. The highest BCUT2D eigenvalue weighted by atomic mass is 16.5. The van der Waals surface area contributed by atoms with Crippen molar-refractivity contribution < 1.29 is 29.3 Å². The van der Waals surface area contributed by atoms with Crippen molar-refractivity contribution in [3.05, 3.63) is 17.7 Å². The van der Waals surface area contributed by atoms with E-state index in [4.69, 9.17) is 14.6 Å². The van der Waals surface area contributed by atoms with Gasteiger partial charge in [0, 0.05) is 6.54 Å². The number of aliphatic hydroxyl groups excluding tert-OH is 1. The van der Waals surface area contributed by atoms with Gasteiger partial charge in [-0.15, -0.1) is 0 Å². The van der Waals surface area contributed by atoms with Crippen LogP contribution in [0.1, 0.15) is 32.3 Å². The van der Waals surface area contributed by atoms with Gasteiger partial charge in [0.05, 0.1) is 25.3 Å². The standard InChI is InChI=1S/C16H21NO6/c1-3-12-16(21)17(6-5-14(19)20)11-7-10(9-18)8-13(22-4-2)15(11)23-12/h7-8,12,18H,3-6,9H2,1-2H3,(H,19,20). The lowest BCUT2D eigenvalue weighted by atomic mass is 10.1. The molecule has 2 rings (SSSR count). The van der Waals surface area contributed by atoms with Crippen LogP contribution in [-0.2, 0) is 16.2 Å². The molecule has 23 heavy (non-hydrogen) atoms. The minimum Gasteiger partial charge on any atom is -0.490 e. The van der Waals surface area contributed by atoms with Crippen molar-refractivity contribution in [1.29, 1.82) is 0 Å². The number of hydrogen-bond acceptors (Lipinski definition) is 5. The number of carbonyl (C=O) groups excluding carboxylic acids is 1. The second-order valence-corrected chi connectivity index (χ2v) is 5.18. The van der Waals surface area contributed by atoms with Crippen LogP contribution < -0.4 is 14.4 Å². The van der Waals surface area contributed by atoms with E-state index < -0.39 is 12.1 Å². The summed E-state index contributed by atoms with van der Waals surface area (Å²) in [4.78, 5) is 24.8. The largest absolute Gasteiger partial charge is 0.490 e. The molecule has 1 atom stereocenters. The number of aliphatic carboxylic acids is 1. The molecule has 0 fully saturated rings. The molecule has 1 aromatic rings. The number of nitrogens with zero attached hydrogens (tertiary/aromatic N) is 1. The monoisotopic (exact) mass is 323 g/mol. The highest BCUT2D eigenvalue weighted by Gasteiger charge is 2.35. The fourth-order valence-corrected chi connectivity index (χ4v) is 2.50. The summed E-state index contributed by atoms with van der Waals surface area (Å²) in [6, 6.07) is 3.30. The van der Waals surface area contributed by atoms with E-state index in [-0.39, 0.29) is 25.5 Å². The number of benzene rings is 1. The van der Waals surface area contributed by atoms with E-state index in [1.54, 1.807) is 12.1 Å². The summed E-state index contributed by atoms with van der Waals surface area (Å²) in [7, 11) is 0. The van der Waals surface area contributed by atoms with E-state index in [9.17, 15) is 14.7 Å². The second-order valence-electron chi connectivity index (χ2n) is 5.18. The Morgan fingerprint density at radius 3 is 2.70 bits per heavy atom. The average Bonchev–Trinajstić information content (AvgIpc) is 2.53. The molecule has 1 aliphatic heterocycles. The Labute approximate surface area is 134 Å². The minimum atomic E-state index is -0.984. The normalized spacial score (nSPS) is 16.7. The maximum Gasteiger partial charge on any atom is 0.305 e. The van der Waals surface area contributed by atoms with Crippen molar-refractivity contribution in [2.45, 2.75) is 39.4 Å². The van der Waals surface area contributed by atoms with Crippen LogP contribution in [0.3, 0.4) is 0 Å². The number of hydrogen-bond donors (Lipinski definition) is 2. The number of carbonyl (C=O) groups is 2. The van der Waals surface area contributed by atoms with E-state index >= 15 is 0 Å². The minimum absolute atomic E-state index is 0.0431. The van der Waals surface area contributed by atoms with Crippen molar-refractivity contribution in [3.8, 4) is 11.5 Å². The van der Waals surface area contributed by atoms with Gasteiger partial charge in [-0.05, 0) is 31.0 Å². The molecule has 1 aliphatic rings. The molecule has 1 unspecified atom stereocenters. The first-order valence-corrected chi connectivity index (χ1v) is 7.62. The summed E-state index contributed by atoms with van der Waals surface area (Å²) in [5.41, 5.74) is 1.01. The lowest BCUT2D eigenvalue weighted by Crippen LogP contribution is -2.46. The summed E-state index contributed by atoms with van der Waals surface area (Å²) < 4.78 is 11.3. The van der Waals surface area contributed by atoms with Crippen LogP contribution in [0.25, 0.3) is 0 Å². The van der Waals surface area contributed by atoms with Gasteiger partial charge < -0.3 is 24.6 Å². The molecule has 0 saturated heterocycles. The quantitative estimate of drug-likeness (QED) is 0.790. The fraction of sp³-hybridized carbons (Fsp3) is 0.500. The number of ether oxygens (including phenoxy) is 2. The van der Waals surface area contributed by atoms with Crippen LogP contribution in [-0.4, -0.2) is 41.3 Å². The number of anilines is 1. The molecule has 1 aromatic carbocycles. The number of carboxylic acids is 1. The van der Waals surface area contributed by atoms with Gasteiger partial charge in [-0.25, -0.2) is 0 Å². The van der Waals surface area contributed by atoms with E-state index in [0.717, 1.165) is 0 Å². The molecule has 7 nitrogen and oxygen atoms in total. The molecule has 0 aliphatic carbocycles. The van der Waals surface area contributed by atoms with E-state index in [1.165, 1.54) is 4.90 Å². The molecule has 0 spiro atoms. The number of fused-ring (bicyclic) bond motifs is 1. The zero-order valence-corrected chi connectivity index (χ0v) is 13.2. The van der Waals surface area contributed by atoms with Gasteiger partial charge in [0.15, 0.2) is 17.6 Å². The summed E-state index contributed by atoms with van der Waals surface area (Å²) in [5.74, 6) is -0.401. The number of rotatable bonds is 7. The van der Waals surface area contributed by atoms with Gasteiger partial charge in [-0.1, -0.05) is 6.92 Å². The first kappa shape index (κ1) is 17.1. The molecule has 1 amide bonds. The Balaban J connectivity index is 2.50. The topological polar surface area (TPSA) is 96.3 Å². The Kier molecular flexibility index (Phi) is 5.44. The summed E-state index contributed by atoms with van der Waals surface area (Å²) in [5, 5.41) is 18.3. The van der Waals surface area contributed by atoms with Crippen molar-refractivity contribution in [2.75, 3.05) is 18.1 Å². The second kappa shape index (κ2) is 7.32. The Hall–Kier alpha value is -2.28. The predicted molar refractivity (Wildman–Crippen MR) is 82.8 cm³/mol. The maximum absolute atomic E-state index is 12.5. The fourth-order valence-electron chi connectivity index (χ4n) is 2.50. The number of carboxylic acid groups (broad SMARTS) is 1. The van der Waals surface area contributed by atoms with Crippen LogP contribution in [0.2, 0.25) is 0 Å². The first-order chi connectivity index (χ1) is 11.0. The van der Waals surface area contributed by atoms with Crippen molar-refractivity contribution >= 4 is 17.6 Å². The van der Waals surface area contributed by atoms with E-state index in [1.807, 2.05) is 13.8 Å². The van der Waals surface area contributed by atoms with Gasteiger partial charge in [-0.3, -0.25) is 9.59 Å². The molecule has 0 aromatic heterocycles. The highest BCUT2D eigenvalue weighted by Crippen LogP contribution is 2.43. The molecule has 126 valence electrons. The van der Waals surface area contributed by atoms with Crippen molar-refractivity contribution in [2.24, 2.45) is 0 Å². The lowest BCUT2D eigenvalue weighted by molar-refractivity contribution is -0.136. The van der Waals surface area contributed by atoms with E-state index in [0.29, 0.717) is 35.8 Å². The van der Waals surface area contributed by atoms with Gasteiger partial charge in [0.1, 0.15) is 0 Å². The molecule has 0 radical (unpaired) electrons. The molecule has 7 heteroatoms. The van der Waals surface area contributed by atoms with Gasteiger partial charge >= 0.3 is 5.97 Å². The van der Waals surface area contributed by atoms with E-state index in [2.05, 4.69) is 0 Å². The van der Waals surface area contributed by atoms with Crippen LogP contribution in [0, 0.1) is 0 Å². The number of aliphatic hydroxyl groups is 1. The summed E-state index contributed by atoms with van der Waals surface area (Å²) >= 11 is 0. The smallest absolute Gasteiger partial charge is 0.305 e. The van der Waals surface area contributed by atoms with Crippen LogP contribution in [0.5, 0.6) is 11.5 Å². The maximum atomic E-state index is 12.5. The SMILES string of the molecule is CCOc1cc(CO)cc2c1OC(CC)C(=O)N2CCC(=O)O. The van der Waals surface area contributed by atoms with Gasteiger partial charge in [0.2, 0.25) is 0 Å².